The van der Waals surface area contributed by atoms with E-state index in [1.807, 2.05) is 0 Å². The van der Waals surface area contributed by atoms with Crippen molar-refractivity contribution in [2.75, 3.05) is 24.5 Å². The average Bonchev–Trinajstić information content (AvgIpc) is 2.16. The quantitative estimate of drug-likeness (QED) is 0.621. The molecule has 1 aliphatic rings. The molecule has 2 rings (SSSR count). The third-order valence-electron chi connectivity index (χ3n) is 2.21. The molecule has 1 fully saturated rings. The van der Waals surface area contributed by atoms with Gasteiger partial charge in [0.1, 0.15) is 11.6 Å². The number of anilines is 1. The fourth-order valence-electron chi connectivity index (χ4n) is 1.56. The van der Waals surface area contributed by atoms with Gasteiger partial charge in [-0.2, -0.15) is 0 Å². The van der Waals surface area contributed by atoms with Crippen LogP contribution in [0.25, 0.3) is 0 Å². The van der Waals surface area contributed by atoms with E-state index in [4.69, 9.17) is 0 Å². The van der Waals surface area contributed by atoms with E-state index < -0.39 is 0 Å². The van der Waals surface area contributed by atoms with E-state index in [1.54, 1.807) is 11.8 Å². The number of hydrogen-bond donors (Lipinski definition) is 2. The number of carbonyl (C=O) groups excluding carboxylic acids is 1. The van der Waals surface area contributed by atoms with Crippen LogP contribution in [0.2, 0.25) is 0 Å². The zero-order chi connectivity index (χ0) is 10.8. The number of aryl methyl sites for hydroxylation is 1. The normalized spacial score (nSPS) is 16.3. The van der Waals surface area contributed by atoms with Gasteiger partial charge in [-0.25, -0.2) is 4.98 Å². The molecule has 0 atom stereocenters. The minimum atomic E-state index is -0.191. The Morgan fingerprint density at radius 2 is 2.27 bits per heavy atom. The van der Waals surface area contributed by atoms with Crippen molar-refractivity contribution in [1.29, 1.82) is 0 Å². The number of H-pyrrole nitrogens is 1. The Bertz CT molecular complexity index is 440. The van der Waals surface area contributed by atoms with Crippen molar-refractivity contribution in [2.24, 2.45) is 0 Å². The number of hydrogen-bond acceptors (Lipinski definition) is 4. The van der Waals surface area contributed by atoms with Crippen LogP contribution in [0.5, 0.6) is 0 Å². The third kappa shape index (κ3) is 2.15. The molecule has 0 spiro atoms. The summed E-state index contributed by atoms with van der Waals surface area (Å²) in [5.74, 6) is 1.08. The van der Waals surface area contributed by atoms with Crippen molar-refractivity contribution < 1.29 is 4.79 Å². The van der Waals surface area contributed by atoms with Gasteiger partial charge in [0.15, 0.2) is 0 Å². The Kier molecular flexibility index (Phi) is 2.40. The van der Waals surface area contributed by atoms with Gasteiger partial charge in [0, 0.05) is 19.2 Å². The second kappa shape index (κ2) is 3.72. The molecule has 15 heavy (non-hydrogen) atoms. The molecule has 1 aromatic heterocycles. The van der Waals surface area contributed by atoms with Gasteiger partial charge in [-0.1, -0.05) is 0 Å². The molecular weight excluding hydrogens is 196 g/mol. The lowest BCUT2D eigenvalue weighted by Crippen LogP contribution is -2.48. The van der Waals surface area contributed by atoms with Gasteiger partial charge in [-0.15, -0.1) is 0 Å². The number of aromatic nitrogens is 2. The Labute approximate surface area is 86.3 Å². The highest BCUT2D eigenvalue weighted by Gasteiger charge is 2.17. The number of amides is 1. The highest BCUT2D eigenvalue weighted by atomic mass is 16.2. The van der Waals surface area contributed by atoms with E-state index in [0.717, 1.165) is 0 Å². The monoisotopic (exact) mass is 208 g/mol. The number of carbonyl (C=O) groups is 1. The summed E-state index contributed by atoms with van der Waals surface area (Å²) >= 11 is 0. The minimum absolute atomic E-state index is 0.0408. The minimum Gasteiger partial charge on any atom is -0.353 e. The lowest BCUT2D eigenvalue weighted by molar-refractivity contribution is -0.120. The van der Waals surface area contributed by atoms with Gasteiger partial charge >= 0.3 is 0 Å². The lowest BCUT2D eigenvalue weighted by atomic mass is 10.3. The van der Waals surface area contributed by atoms with Crippen molar-refractivity contribution in [3.8, 4) is 0 Å². The van der Waals surface area contributed by atoms with E-state index in [0.29, 0.717) is 24.7 Å². The molecule has 6 nitrogen and oxygen atoms in total. The lowest BCUT2D eigenvalue weighted by Gasteiger charge is -2.27. The Morgan fingerprint density at radius 1 is 1.47 bits per heavy atom. The molecule has 0 radical (unpaired) electrons. The summed E-state index contributed by atoms with van der Waals surface area (Å²) in [6.07, 6.45) is 0. The molecule has 80 valence electrons. The summed E-state index contributed by atoms with van der Waals surface area (Å²) in [5.41, 5.74) is -0.191. The largest absolute Gasteiger partial charge is 0.353 e. The maximum absolute atomic E-state index is 11.2. The summed E-state index contributed by atoms with van der Waals surface area (Å²) in [6.45, 7) is 3.25. The fraction of sp³-hybridized carbons (Fsp3) is 0.444. The highest BCUT2D eigenvalue weighted by Crippen LogP contribution is 2.08. The molecular formula is C9H12N4O2. The SMILES string of the molecule is Cc1nc(N2CCNC(=O)C2)cc(=O)[nH]1. The summed E-state index contributed by atoms with van der Waals surface area (Å²) in [5, 5.41) is 2.72. The number of nitrogens with zero attached hydrogens (tertiary/aromatic N) is 2. The number of rotatable bonds is 1. The first-order valence-corrected chi connectivity index (χ1v) is 4.75. The summed E-state index contributed by atoms with van der Waals surface area (Å²) in [7, 11) is 0. The molecule has 6 heteroatoms. The van der Waals surface area contributed by atoms with E-state index >= 15 is 0 Å². The van der Waals surface area contributed by atoms with E-state index in [1.165, 1.54) is 6.07 Å². The molecule has 1 aromatic rings. The van der Waals surface area contributed by atoms with Crippen LogP contribution in [-0.2, 0) is 4.79 Å². The maximum atomic E-state index is 11.2. The van der Waals surface area contributed by atoms with Crippen LogP contribution >= 0.6 is 0 Å². The molecule has 2 heterocycles. The molecule has 0 aromatic carbocycles. The smallest absolute Gasteiger partial charge is 0.252 e. The van der Waals surface area contributed by atoms with Gasteiger partial charge in [-0.3, -0.25) is 9.59 Å². The second-order valence-corrected chi connectivity index (χ2v) is 3.46. The van der Waals surface area contributed by atoms with Crippen LogP contribution < -0.4 is 15.8 Å². The number of aromatic amines is 1. The first-order chi connectivity index (χ1) is 7.15. The van der Waals surface area contributed by atoms with E-state index in [2.05, 4.69) is 15.3 Å². The number of piperazine rings is 1. The average molecular weight is 208 g/mol. The second-order valence-electron chi connectivity index (χ2n) is 3.46. The van der Waals surface area contributed by atoms with Crippen LogP contribution in [0.15, 0.2) is 10.9 Å². The van der Waals surface area contributed by atoms with Gasteiger partial charge in [0.2, 0.25) is 5.91 Å². The van der Waals surface area contributed by atoms with Gasteiger partial charge in [0.25, 0.3) is 5.56 Å². The van der Waals surface area contributed by atoms with Crippen molar-refractivity contribution in [3.05, 3.63) is 22.2 Å². The molecule has 1 amide bonds. The first-order valence-electron chi connectivity index (χ1n) is 4.75. The first kappa shape index (κ1) is 9.70. The molecule has 1 aliphatic heterocycles. The Balaban J connectivity index is 2.28. The molecule has 0 saturated carbocycles. The molecule has 0 bridgehead atoms. The van der Waals surface area contributed by atoms with Crippen molar-refractivity contribution >= 4 is 11.7 Å². The molecule has 0 aliphatic carbocycles. The van der Waals surface area contributed by atoms with E-state index in [9.17, 15) is 9.59 Å². The van der Waals surface area contributed by atoms with Crippen LogP contribution in [0, 0.1) is 6.92 Å². The van der Waals surface area contributed by atoms with E-state index in [-0.39, 0.29) is 18.0 Å². The summed E-state index contributed by atoms with van der Waals surface area (Å²) < 4.78 is 0. The molecule has 1 saturated heterocycles. The Hall–Kier alpha value is -1.85. The predicted molar refractivity (Wildman–Crippen MR) is 54.8 cm³/mol. The maximum Gasteiger partial charge on any atom is 0.252 e. The zero-order valence-corrected chi connectivity index (χ0v) is 8.41. The van der Waals surface area contributed by atoms with Crippen LogP contribution in [-0.4, -0.2) is 35.5 Å². The van der Waals surface area contributed by atoms with Gasteiger partial charge < -0.3 is 15.2 Å². The predicted octanol–water partition coefficient (Wildman–Crippen LogP) is -0.985. The topological polar surface area (TPSA) is 78.1 Å². The summed E-state index contributed by atoms with van der Waals surface area (Å²) in [4.78, 5) is 30.9. The van der Waals surface area contributed by atoms with Crippen molar-refractivity contribution in [2.45, 2.75) is 6.92 Å². The standard InChI is InChI=1S/C9H12N4O2/c1-6-11-7(4-8(14)12-6)13-3-2-10-9(15)5-13/h4H,2-3,5H2,1H3,(H,10,15)(H,11,12,14). The fourth-order valence-corrected chi connectivity index (χ4v) is 1.56. The molecule has 2 N–H and O–H groups in total. The van der Waals surface area contributed by atoms with Crippen LogP contribution in [0.3, 0.4) is 0 Å². The van der Waals surface area contributed by atoms with Crippen molar-refractivity contribution in [3.63, 3.8) is 0 Å². The summed E-state index contributed by atoms with van der Waals surface area (Å²) in [6, 6.07) is 1.41. The van der Waals surface area contributed by atoms with Crippen molar-refractivity contribution in [1.82, 2.24) is 15.3 Å². The number of nitrogens with one attached hydrogen (secondary N) is 2. The van der Waals surface area contributed by atoms with Crippen LogP contribution in [0.4, 0.5) is 5.82 Å². The molecule has 0 unspecified atom stereocenters. The Morgan fingerprint density at radius 3 is 2.93 bits per heavy atom. The van der Waals surface area contributed by atoms with Gasteiger partial charge in [-0.05, 0) is 6.92 Å². The highest BCUT2D eigenvalue weighted by molar-refractivity contribution is 5.82. The third-order valence-corrected chi connectivity index (χ3v) is 2.21. The van der Waals surface area contributed by atoms with Gasteiger partial charge in [0.05, 0.1) is 6.54 Å². The zero-order valence-electron chi connectivity index (χ0n) is 8.41. The van der Waals surface area contributed by atoms with Crippen LogP contribution in [0.1, 0.15) is 5.82 Å².